The molecule has 2 N–H and O–H groups in total. The molecule has 0 unspecified atom stereocenters. The summed E-state index contributed by atoms with van der Waals surface area (Å²) in [7, 11) is 0. The van der Waals surface area contributed by atoms with E-state index in [-0.39, 0.29) is 30.8 Å². The first-order chi connectivity index (χ1) is 19.1. The monoisotopic (exact) mass is 583 g/mol. The molecule has 3 aliphatic rings. The summed E-state index contributed by atoms with van der Waals surface area (Å²) in [6.07, 6.45) is 5.51. The van der Waals surface area contributed by atoms with Crippen molar-refractivity contribution in [3.8, 4) is 0 Å². The van der Waals surface area contributed by atoms with Gasteiger partial charge in [-0.3, -0.25) is 19.4 Å². The molecule has 1 atom stereocenters. The van der Waals surface area contributed by atoms with E-state index >= 15 is 0 Å². The molecule has 0 saturated heterocycles. The number of rotatable bonds is 9. The van der Waals surface area contributed by atoms with Crippen LogP contribution in [0.4, 0.5) is 0 Å². The molecular weight excluding hydrogens is 549 g/mol. The van der Waals surface area contributed by atoms with Crippen LogP contribution in [-0.4, -0.2) is 45.7 Å². The predicted molar refractivity (Wildman–Crippen MR) is 156 cm³/mol. The van der Waals surface area contributed by atoms with Gasteiger partial charge < -0.3 is 15.3 Å². The number of hydrogen-bond donors (Lipinski definition) is 2. The molecule has 2 aromatic rings. The zero-order valence-corrected chi connectivity index (χ0v) is 24.3. The largest absolute Gasteiger partial charge is 0.481 e. The van der Waals surface area contributed by atoms with E-state index in [2.05, 4.69) is 19.2 Å². The van der Waals surface area contributed by atoms with Gasteiger partial charge in [0.25, 0.3) is 11.8 Å². The number of aliphatic imine (C=N–C) groups is 1. The number of carbonyl (C=O) groups excluding carboxylic acids is 2. The summed E-state index contributed by atoms with van der Waals surface area (Å²) in [4.78, 5) is 44.9. The van der Waals surface area contributed by atoms with Gasteiger partial charge in [-0.1, -0.05) is 49.2 Å². The number of halogens is 2. The fourth-order valence-corrected chi connectivity index (χ4v) is 6.79. The fourth-order valence-electron chi connectivity index (χ4n) is 6.26. The molecule has 2 fully saturated rings. The van der Waals surface area contributed by atoms with Crippen molar-refractivity contribution in [1.82, 2.24) is 10.2 Å². The minimum Gasteiger partial charge on any atom is -0.481 e. The van der Waals surface area contributed by atoms with Gasteiger partial charge in [-0.05, 0) is 92.2 Å². The molecule has 212 valence electrons. The van der Waals surface area contributed by atoms with Crippen molar-refractivity contribution < 1.29 is 19.5 Å². The molecule has 7 nitrogen and oxygen atoms in total. The lowest BCUT2D eigenvalue weighted by molar-refractivity contribution is -0.137. The van der Waals surface area contributed by atoms with Gasteiger partial charge in [0.15, 0.2) is 0 Å². The summed E-state index contributed by atoms with van der Waals surface area (Å²) >= 11 is 12.6. The van der Waals surface area contributed by atoms with E-state index in [4.69, 9.17) is 33.3 Å². The van der Waals surface area contributed by atoms with Crippen molar-refractivity contribution in [2.24, 2.45) is 22.7 Å². The Morgan fingerprint density at radius 2 is 1.65 bits per heavy atom. The van der Waals surface area contributed by atoms with Gasteiger partial charge >= 0.3 is 5.97 Å². The van der Waals surface area contributed by atoms with Crippen LogP contribution >= 0.6 is 23.2 Å². The maximum Gasteiger partial charge on any atom is 0.305 e. The SMILES string of the molecule is CC(C)C1CCC2(CC1)N=C(c1cc(Cl)cc(Cl)c1)C(=O)N2[C@@H](c1ccc(C(=O)NCCC(=O)O)cc1)C1CC1. The maximum absolute atomic E-state index is 14.3. The minimum absolute atomic E-state index is 0.0659. The van der Waals surface area contributed by atoms with Crippen LogP contribution in [0.5, 0.6) is 0 Å². The first kappa shape index (κ1) is 28.6. The number of amides is 2. The topological polar surface area (TPSA) is 99.1 Å². The highest BCUT2D eigenvalue weighted by molar-refractivity contribution is 6.47. The first-order valence-electron chi connectivity index (χ1n) is 14.1. The van der Waals surface area contributed by atoms with Crippen molar-refractivity contribution in [3.05, 3.63) is 69.2 Å². The van der Waals surface area contributed by atoms with Crippen molar-refractivity contribution >= 4 is 46.7 Å². The molecule has 1 spiro atoms. The third-order valence-corrected chi connectivity index (χ3v) is 9.02. The minimum atomic E-state index is -0.962. The Bertz CT molecular complexity index is 1310. The Balaban J connectivity index is 1.48. The van der Waals surface area contributed by atoms with Crippen molar-refractivity contribution in [1.29, 1.82) is 0 Å². The Morgan fingerprint density at radius 3 is 2.20 bits per heavy atom. The van der Waals surface area contributed by atoms with E-state index in [1.165, 1.54) is 0 Å². The summed E-state index contributed by atoms with van der Waals surface area (Å²) in [5.41, 5.74) is 1.84. The van der Waals surface area contributed by atoms with Gasteiger partial charge in [-0.15, -0.1) is 0 Å². The Kier molecular flexibility index (Phi) is 8.25. The quantitative estimate of drug-likeness (QED) is 0.351. The van der Waals surface area contributed by atoms with Crippen LogP contribution in [0.2, 0.25) is 10.0 Å². The standard InChI is InChI=1S/C31H35Cl2N3O4/c1-18(2)19-9-12-31(13-10-19)35-27(23-15-24(32)17-25(33)16-23)30(40)36(31)28(20-3-4-20)21-5-7-22(8-6-21)29(39)34-14-11-26(37)38/h5-8,15-20,28H,3-4,9-14H2,1-2H3,(H,34,39)(H,37,38)/t19?,28-,31?/m1/s1. The molecule has 5 rings (SSSR count). The van der Waals surface area contributed by atoms with Crippen LogP contribution in [0.25, 0.3) is 0 Å². The number of benzene rings is 2. The van der Waals surface area contributed by atoms with Gasteiger partial charge in [0.1, 0.15) is 11.4 Å². The van der Waals surface area contributed by atoms with E-state index in [0.717, 1.165) is 44.1 Å². The van der Waals surface area contributed by atoms with Crippen molar-refractivity contribution in [2.45, 2.75) is 70.5 Å². The normalized spacial score (nSPS) is 23.4. The van der Waals surface area contributed by atoms with Gasteiger partial charge in [0.05, 0.1) is 12.5 Å². The molecule has 2 aliphatic carbocycles. The number of carboxylic acids is 1. The van der Waals surface area contributed by atoms with Crippen LogP contribution < -0.4 is 5.32 Å². The van der Waals surface area contributed by atoms with Crippen molar-refractivity contribution in [2.75, 3.05) is 6.54 Å². The van der Waals surface area contributed by atoms with Crippen LogP contribution in [0.15, 0.2) is 47.5 Å². The maximum atomic E-state index is 14.3. The number of carbonyl (C=O) groups is 3. The summed E-state index contributed by atoms with van der Waals surface area (Å²) in [5.74, 6) is 0.105. The van der Waals surface area contributed by atoms with Crippen LogP contribution in [0.1, 0.15) is 86.3 Å². The Morgan fingerprint density at radius 1 is 1.02 bits per heavy atom. The lowest BCUT2D eigenvalue weighted by Gasteiger charge is -2.46. The molecule has 0 radical (unpaired) electrons. The van der Waals surface area contributed by atoms with Crippen LogP contribution in [-0.2, 0) is 9.59 Å². The van der Waals surface area contributed by atoms with Gasteiger partial charge in [0.2, 0.25) is 0 Å². The molecule has 1 aliphatic heterocycles. The molecule has 2 saturated carbocycles. The summed E-state index contributed by atoms with van der Waals surface area (Å²) in [6.45, 7) is 4.58. The third-order valence-electron chi connectivity index (χ3n) is 8.59. The second-order valence-corrected chi connectivity index (χ2v) is 12.5. The highest BCUT2D eigenvalue weighted by Crippen LogP contribution is 2.53. The molecule has 0 bridgehead atoms. The molecule has 2 amide bonds. The van der Waals surface area contributed by atoms with Crippen molar-refractivity contribution in [3.63, 3.8) is 0 Å². The highest BCUT2D eigenvalue weighted by atomic mass is 35.5. The fraction of sp³-hybridized carbons (Fsp3) is 0.484. The zero-order valence-electron chi connectivity index (χ0n) is 22.8. The lowest BCUT2D eigenvalue weighted by atomic mass is 9.76. The second-order valence-electron chi connectivity index (χ2n) is 11.7. The predicted octanol–water partition coefficient (Wildman–Crippen LogP) is 6.52. The number of carboxylic acid groups (broad SMARTS) is 1. The molecule has 1 heterocycles. The average Bonchev–Trinajstić information content (AvgIpc) is 3.70. The zero-order chi connectivity index (χ0) is 28.6. The average molecular weight is 585 g/mol. The number of nitrogens with zero attached hydrogens (tertiary/aromatic N) is 2. The number of nitrogens with one attached hydrogen (secondary N) is 1. The van der Waals surface area contributed by atoms with Crippen LogP contribution in [0.3, 0.4) is 0 Å². The van der Waals surface area contributed by atoms with E-state index < -0.39 is 11.6 Å². The summed E-state index contributed by atoms with van der Waals surface area (Å²) in [5, 5.41) is 12.4. The van der Waals surface area contributed by atoms with E-state index in [1.54, 1.807) is 30.3 Å². The summed E-state index contributed by atoms with van der Waals surface area (Å²) in [6, 6.07) is 12.3. The molecular formula is C31H35Cl2N3O4. The number of aliphatic carboxylic acids is 1. The van der Waals surface area contributed by atoms with E-state index in [0.29, 0.717) is 44.6 Å². The van der Waals surface area contributed by atoms with Gasteiger partial charge in [-0.25, -0.2) is 0 Å². The highest BCUT2D eigenvalue weighted by Gasteiger charge is 2.54. The molecule has 0 aromatic heterocycles. The Labute approximate surface area is 244 Å². The van der Waals surface area contributed by atoms with E-state index in [1.807, 2.05) is 17.0 Å². The summed E-state index contributed by atoms with van der Waals surface area (Å²) < 4.78 is 0. The van der Waals surface area contributed by atoms with E-state index in [9.17, 15) is 14.4 Å². The van der Waals surface area contributed by atoms with Gasteiger partial charge in [-0.2, -0.15) is 0 Å². The molecule has 2 aromatic carbocycles. The van der Waals surface area contributed by atoms with Gasteiger partial charge in [0, 0.05) is 27.7 Å². The third kappa shape index (κ3) is 5.91. The molecule has 40 heavy (non-hydrogen) atoms. The van der Waals surface area contributed by atoms with Crippen LogP contribution in [0, 0.1) is 17.8 Å². The smallest absolute Gasteiger partial charge is 0.305 e. The number of hydrogen-bond acceptors (Lipinski definition) is 4. The lowest BCUT2D eigenvalue weighted by Crippen LogP contribution is -2.51. The second kappa shape index (κ2) is 11.5. The Hall–Kier alpha value is -2.90. The first-order valence-corrected chi connectivity index (χ1v) is 14.8. The molecule has 9 heteroatoms.